The Morgan fingerprint density at radius 3 is 2.84 bits per heavy atom. The summed E-state index contributed by atoms with van der Waals surface area (Å²) in [6.07, 6.45) is 2.45. The zero-order valence-corrected chi connectivity index (χ0v) is 10.3. The van der Waals surface area contributed by atoms with Gasteiger partial charge in [-0.15, -0.1) is 0 Å². The molecule has 1 heterocycles. The van der Waals surface area contributed by atoms with E-state index in [0.29, 0.717) is 6.07 Å². The van der Waals surface area contributed by atoms with Gasteiger partial charge in [-0.05, 0) is 32.4 Å². The molecule has 1 fully saturated rings. The lowest BCUT2D eigenvalue weighted by atomic mass is 10.1. The van der Waals surface area contributed by atoms with Crippen molar-refractivity contribution < 1.29 is 13.7 Å². The molecule has 0 amide bonds. The molecular formula is C12H15F2N3O2. The van der Waals surface area contributed by atoms with Crippen LogP contribution >= 0.6 is 0 Å². The van der Waals surface area contributed by atoms with Crippen molar-refractivity contribution in [1.82, 2.24) is 5.32 Å². The molecule has 1 aliphatic heterocycles. The fraction of sp³-hybridized carbons (Fsp3) is 0.500. The third-order valence-electron chi connectivity index (χ3n) is 3.16. The van der Waals surface area contributed by atoms with Crippen molar-refractivity contribution in [2.75, 3.05) is 18.4 Å². The van der Waals surface area contributed by atoms with E-state index in [1.54, 1.807) is 0 Å². The van der Waals surface area contributed by atoms with E-state index in [4.69, 9.17) is 0 Å². The van der Waals surface area contributed by atoms with Crippen molar-refractivity contribution >= 4 is 11.4 Å². The highest BCUT2D eigenvalue weighted by molar-refractivity contribution is 5.63. The van der Waals surface area contributed by atoms with Gasteiger partial charge in [-0.1, -0.05) is 0 Å². The normalized spacial score (nSPS) is 19.8. The highest BCUT2D eigenvalue weighted by atomic mass is 19.1. The molecule has 1 aromatic rings. The summed E-state index contributed by atoms with van der Waals surface area (Å²) in [5.74, 6) is -1.87. The number of hydrogen-bond donors (Lipinski definition) is 2. The van der Waals surface area contributed by atoms with Crippen LogP contribution in [0.15, 0.2) is 12.1 Å². The zero-order valence-electron chi connectivity index (χ0n) is 10.3. The van der Waals surface area contributed by atoms with Crippen LogP contribution in [0.2, 0.25) is 0 Å². The standard InChI is InChI=1S/C12H15F2N3O2/c13-8-6-10(14)12(11(7-8)17(18)19)16-9-2-1-4-15-5-3-9/h6-7,9,15-16H,1-5H2. The van der Waals surface area contributed by atoms with Gasteiger partial charge in [0.05, 0.1) is 11.0 Å². The monoisotopic (exact) mass is 271 g/mol. The second kappa shape index (κ2) is 5.92. The molecule has 0 radical (unpaired) electrons. The lowest BCUT2D eigenvalue weighted by Gasteiger charge is -2.17. The highest BCUT2D eigenvalue weighted by Gasteiger charge is 2.23. The van der Waals surface area contributed by atoms with E-state index in [0.717, 1.165) is 38.4 Å². The van der Waals surface area contributed by atoms with Crippen LogP contribution in [0.25, 0.3) is 0 Å². The molecule has 5 nitrogen and oxygen atoms in total. The first kappa shape index (κ1) is 13.7. The minimum atomic E-state index is -0.947. The minimum absolute atomic E-state index is 0.0475. The Labute approximate surface area is 109 Å². The number of nitro groups is 1. The Morgan fingerprint density at radius 2 is 2.11 bits per heavy atom. The molecule has 1 aromatic carbocycles. The topological polar surface area (TPSA) is 67.2 Å². The molecule has 1 unspecified atom stereocenters. The molecule has 0 aliphatic carbocycles. The molecule has 2 N–H and O–H groups in total. The van der Waals surface area contributed by atoms with E-state index in [9.17, 15) is 18.9 Å². The van der Waals surface area contributed by atoms with Crippen LogP contribution in [0.1, 0.15) is 19.3 Å². The number of hydrogen-bond acceptors (Lipinski definition) is 4. The average molecular weight is 271 g/mol. The Hall–Kier alpha value is -1.76. The van der Waals surface area contributed by atoms with Gasteiger partial charge >= 0.3 is 0 Å². The number of anilines is 1. The third-order valence-corrected chi connectivity index (χ3v) is 3.16. The predicted molar refractivity (Wildman–Crippen MR) is 67.1 cm³/mol. The van der Waals surface area contributed by atoms with Crippen molar-refractivity contribution in [2.24, 2.45) is 0 Å². The summed E-state index contributed by atoms with van der Waals surface area (Å²) in [5, 5.41) is 16.9. The molecule has 0 bridgehead atoms. The maximum atomic E-state index is 13.7. The van der Waals surface area contributed by atoms with Crippen LogP contribution in [0.5, 0.6) is 0 Å². The second-order valence-corrected chi connectivity index (χ2v) is 4.56. The summed E-state index contributed by atoms with van der Waals surface area (Å²) in [7, 11) is 0. The minimum Gasteiger partial charge on any atom is -0.374 e. The zero-order chi connectivity index (χ0) is 13.8. The van der Waals surface area contributed by atoms with Crippen molar-refractivity contribution in [3.63, 3.8) is 0 Å². The van der Waals surface area contributed by atoms with Gasteiger partial charge in [0.1, 0.15) is 11.5 Å². The van der Waals surface area contributed by atoms with Gasteiger partial charge < -0.3 is 10.6 Å². The molecule has 7 heteroatoms. The second-order valence-electron chi connectivity index (χ2n) is 4.56. The first-order chi connectivity index (χ1) is 9.08. The maximum absolute atomic E-state index is 13.7. The summed E-state index contributed by atoms with van der Waals surface area (Å²) in [6.45, 7) is 1.65. The van der Waals surface area contributed by atoms with E-state index < -0.39 is 22.2 Å². The molecule has 0 saturated carbocycles. The Morgan fingerprint density at radius 1 is 1.32 bits per heavy atom. The van der Waals surface area contributed by atoms with Crippen LogP contribution < -0.4 is 10.6 Å². The number of nitrogens with zero attached hydrogens (tertiary/aromatic N) is 1. The van der Waals surface area contributed by atoms with Crippen LogP contribution in [0.3, 0.4) is 0 Å². The number of nitro benzene ring substituents is 1. The van der Waals surface area contributed by atoms with E-state index in [1.165, 1.54) is 0 Å². The van der Waals surface area contributed by atoms with E-state index in [-0.39, 0.29) is 11.7 Å². The maximum Gasteiger partial charge on any atom is 0.298 e. The number of nitrogens with one attached hydrogen (secondary N) is 2. The number of halogens is 2. The molecule has 2 rings (SSSR count). The molecule has 1 saturated heterocycles. The van der Waals surface area contributed by atoms with Crippen molar-refractivity contribution in [3.05, 3.63) is 33.9 Å². The molecule has 1 atom stereocenters. The summed E-state index contributed by atoms with van der Waals surface area (Å²) in [4.78, 5) is 10.1. The Bertz CT molecular complexity index is 474. The van der Waals surface area contributed by atoms with Crippen LogP contribution in [0.4, 0.5) is 20.2 Å². The van der Waals surface area contributed by atoms with Gasteiger partial charge in [0.2, 0.25) is 0 Å². The van der Waals surface area contributed by atoms with Crippen molar-refractivity contribution in [3.8, 4) is 0 Å². The van der Waals surface area contributed by atoms with Crippen LogP contribution in [-0.2, 0) is 0 Å². The third kappa shape index (κ3) is 3.37. The molecule has 0 spiro atoms. The quantitative estimate of drug-likeness (QED) is 0.654. The number of rotatable bonds is 3. The van der Waals surface area contributed by atoms with Gasteiger partial charge in [0.15, 0.2) is 5.82 Å². The first-order valence-corrected chi connectivity index (χ1v) is 6.18. The largest absolute Gasteiger partial charge is 0.374 e. The van der Waals surface area contributed by atoms with Crippen LogP contribution in [0, 0.1) is 21.7 Å². The van der Waals surface area contributed by atoms with Crippen LogP contribution in [-0.4, -0.2) is 24.1 Å². The van der Waals surface area contributed by atoms with Crippen molar-refractivity contribution in [2.45, 2.75) is 25.3 Å². The summed E-state index contributed by atoms with van der Waals surface area (Å²) < 4.78 is 26.7. The van der Waals surface area contributed by atoms with Gasteiger partial charge in [-0.25, -0.2) is 8.78 Å². The summed E-state index contributed by atoms with van der Waals surface area (Å²) in [5.41, 5.74) is -0.784. The van der Waals surface area contributed by atoms with Gasteiger partial charge in [0, 0.05) is 12.1 Å². The molecule has 19 heavy (non-hydrogen) atoms. The number of benzene rings is 1. The van der Waals surface area contributed by atoms with E-state index >= 15 is 0 Å². The Balaban J connectivity index is 2.25. The fourth-order valence-electron chi connectivity index (χ4n) is 2.21. The SMILES string of the molecule is O=[N+]([O-])c1cc(F)cc(F)c1NC1CCCNCC1. The van der Waals surface area contributed by atoms with E-state index in [2.05, 4.69) is 10.6 Å². The lowest BCUT2D eigenvalue weighted by Crippen LogP contribution is -2.22. The smallest absolute Gasteiger partial charge is 0.298 e. The average Bonchev–Trinajstić information content (AvgIpc) is 2.60. The summed E-state index contributed by atoms with van der Waals surface area (Å²) >= 11 is 0. The predicted octanol–water partition coefficient (Wildman–Crippen LogP) is 2.43. The Kier molecular flexibility index (Phi) is 4.26. The molecular weight excluding hydrogens is 256 g/mol. The first-order valence-electron chi connectivity index (χ1n) is 6.18. The van der Waals surface area contributed by atoms with Gasteiger partial charge in [-0.3, -0.25) is 10.1 Å². The molecule has 1 aliphatic rings. The van der Waals surface area contributed by atoms with Gasteiger partial charge in [0.25, 0.3) is 5.69 Å². The summed E-state index contributed by atoms with van der Waals surface area (Å²) in [6, 6.07) is 1.35. The molecule has 104 valence electrons. The van der Waals surface area contributed by atoms with E-state index in [1.807, 2.05) is 0 Å². The lowest BCUT2D eigenvalue weighted by molar-refractivity contribution is -0.384. The molecule has 0 aromatic heterocycles. The van der Waals surface area contributed by atoms with Crippen molar-refractivity contribution in [1.29, 1.82) is 0 Å². The highest BCUT2D eigenvalue weighted by Crippen LogP contribution is 2.30. The van der Waals surface area contributed by atoms with Gasteiger partial charge in [-0.2, -0.15) is 0 Å². The fourth-order valence-corrected chi connectivity index (χ4v) is 2.21.